The van der Waals surface area contributed by atoms with Gasteiger partial charge < -0.3 is 9.64 Å². The van der Waals surface area contributed by atoms with E-state index in [-0.39, 0.29) is 11.8 Å². The van der Waals surface area contributed by atoms with Gasteiger partial charge in [-0.1, -0.05) is 53.9 Å². The van der Waals surface area contributed by atoms with E-state index < -0.39 is 0 Å². The molecule has 0 aliphatic carbocycles. The summed E-state index contributed by atoms with van der Waals surface area (Å²) in [6.45, 7) is 7.46. The fourth-order valence-electron chi connectivity index (χ4n) is 4.84. The molecule has 29 heavy (non-hydrogen) atoms. The Balaban J connectivity index is 1.58. The van der Waals surface area contributed by atoms with Gasteiger partial charge in [-0.3, -0.25) is 0 Å². The number of nitrogens with zero attached hydrogens (tertiary/aromatic N) is 3. The first-order valence-corrected chi connectivity index (χ1v) is 11.1. The molecule has 2 aromatic rings. The third-order valence-electron chi connectivity index (χ3n) is 6.48. The fraction of sp³-hybridized carbons (Fsp3) is 0.435. The first-order chi connectivity index (χ1) is 14.0. The van der Waals surface area contributed by atoms with Crippen LogP contribution in [0.25, 0.3) is 0 Å². The molecule has 3 aliphatic heterocycles. The number of aryl methyl sites for hydroxylation is 1. The van der Waals surface area contributed by atoms with Crippen molar-refractivity contribution in [2.75, 3.05) is 19.6 Å². The second-order valence-corrected chi connectivity index (χ2v) is 9.10. The maximum atomic E-state index is 6.69. The minimum absolute atomic E-state index is 0.175. The molecule has 0 amide bonds. The minimum atomic E-state index is -0.390. The first kappa shape index (κ1) is 19.2. The molecule has 5 rings (SSSR count). The van der Waals surface area contributed by atoms with Crippen molar-refractivity contribution in [1.82, 2.24) is 9.91 Å². The Kier molecular flexibility index (Phi) is 4.77. The molecular weight excluding hydrogens is 405 g/mol. The highest BCUT2D eigenvalue weighted by atomic mass is 35.5. The average molecular weight is 430 g/mol. The van der Waals surface area contributed by atoms with E-state index in [1.54, 1.807) is 6.07 Å². The van der Waals surface area contributed by atoms with Crippen LogP contribution in [0.2, 0.25) is 10.0 Å². The minimum Gasteiger partial charge on any atom is -0.466 e. The summed E-state index contributed by atoms with van der Waals surface area (Å²) in [6.07, 6.45) is 2.70. The Morgan fingerprint density at radius 2 is 1.93 bits per heavy atom. The number of likely N-dealkylation sites (tertiary alicyclic amines) is 1. The monoisotopic (exact) mass is 429 g/mol. The number of hydrazone groups is 1. The van der Waals surface area contributed by atoms with E-state index in [1.165, 1.54) is 11.1 Å². The van der Waals surface area contributed by atoms with Crippen LogP contribution in [0.1, 0.15) is 48.9 Å². The lowest BCUT2D eigenvalue weighted by Crippen LogP contribution is -2.59. The van der Waals surface area contributed by atoms with Gasteiger partial charge in [0.1, 0.15) is 5.75 Å². The van der Waals surface area contributed by atoms with Gasteiger partial charge in [0.2, 0.25) is 5.72 Å². The number of hydrogen-bond donors (Lipinski definition) is 0. The molecule has 1 atom stereocenters. The molecule has 1 spiro atoms. The number of rotatable bonds is 2. The zero-order valence-electron chi connectivity index (χ0n) is 16.8. The molecule has 2 aromatic carbocycles. The largest absolute Gasteiger partial charge is 0.466 e. The van der Waals surface area contributed by atoms with E-state index in [2.05, 4.69) is 42.0 Å². The van der Waals surface area contributed by atoms with E-state index >= 15 is 0 Å². The molecule has 1 saturated heterocycles. The molecule has 152 valence electrons. The van der Waals surface area contributed by atoms with Gasteiger partial charge in [-0.2, -0.15) is 5.10 Å². The maximum Gasteiger partial charge on any atom is 0.200 e. The molecule has 0 N–H and O–H groups in total. The van der Waals surface area contributed by atoms with E-state index in [9.17, 15) is 0 Å². The van der Waals surface area contributed by atoms with E-state index in [1.807, 2.05) is 12.1 Å². The maximum absolute atomic E-state index is 6.69. The number of fused-ring (bicyclic) bond motifs is 4. The van der Waals surface area contributed by atoms with Crippen molar-refractivity contribution >= 4 is 28.9 Å². The quantitative estimate of drug-likeness (QED) is 0.616. The summed E-state index contributed by atoms with van der Waals surface area (Å²) in [5, 5.41) is 8.64. The zero-order chi connectivity index (χ0) is 20.2. The van der Waals surface area contributed by atoms with Gasteiger partial charge in [0.05, 0.1) is 16.8 Å². The summed E-state index contributed by atoms with van der Waals surface area (Å²) in [4.78, 5) is 2.48. The van der Waals surface area contributed by atoms with Crippen LogP contribution in [0.5, 0.6) is 5.75 Å². The van der Waals surface area contributed by atoms with Crippen LogP contribution in [-0.4, -0.2) is 41.0 Å². The van der Waals surface area contributed by atoms with Crippen LogP contribution in [0.15, 0.2) is 41.5 Å². The predicted molar refractivity (Wildman–Crippen MR) is 118 cm³/mol. The number of ether oxygens (including phenoxy) is 1. The standard InChI is InChI=1S/C23H25Cl2N3O/c1-3-27-10-8-23(9-11-27)28-21(18-12-15(2)4-7-22(18)29-23)14-20(26-28)17-6-5-16(24)13-19(17)25/h4-7,12-13,21H,3,8-11,14H2,1-2H3/t21-/m1/s1. The van der Waals surface area contributed by atoms with Crippen molar-refractivity contribution in [2.45, 2.75) is 44.9 Å². The molecule has 6 heteroatoms. The second kappa shape index (κ2) is 7.19. The van der Waals surface area contributed by atoms with Gasteiger partial charge in [0.25, 0.3) is 0 Å². The van der Waals surface area contributed by atoms with Gasteiger partial charge in [-0.25, -0.2) is 5.01 Å². The van der Waals surface area contributed by atoms with Crippen LogP contribution < -0.4 is 4.74 Å². The van der Waals surface area contributed by atoms with Gasteiger partial charge in [-0.15, -0.1) is 0 Å². The van der Waals surface area contributed by atoms with E-state index in [4.69, 9.17) is 33.0 Å². The molecule has 0 aromatic heterocycles. The third kappa shape index (κ3) is 3.22. The summed E-state index contributed by atoms with van der Waals surface area (Å²) in [7, 11) is 0. The van der Waals surface area contributed by atoms with Crippen molar-refractivity contribution in [1.29, 1.82) is 0 Å². The number of piperidine rings is 1. The summed E-state index contributed by atoms with van der Waals surface area (Å²) in [5.41, 5.74) is 4.03. The average Bonchev–Trinajstić information content (AvgIpc) is 3.16. The Labute approximate surface area is 182 Å². The van der Waals surface area contributed by atoms with Gasteiger partial charge in [-0.05, 0) is 31.7 Å². The summed E-state index contributed by atoms with van der Waals surface area (Å²) in [6, 6.07) is 12.3. The lowest BCUT2D eigenvalue weighted by Gasteiger charge is -2.51. The highest BCUT2D eigenvalue weighted by Gasteiger charge is 2.51. The molecule has 3 aliphatic rings. The smallest absolute Gasteiger partial charge is 0.200 e. The molecule has 3 heterocycles. The molecule has 0 saturated carbocycles. The van der Waals surface area contributed by atoms with E-state index in [0.717, 1.165) is 55.9 Å². The molecule has 4 nitrogen and oxygen atoms in total. The first-order valence-electron chi connectivity index (χ1n) is 10.3. The summed E-state index contributed by atoms with van der Waals surface area (Å²) in [5.74, 6) is 1.00. The second-order valence-electron chi connectivity index (χ2n) is 8.26. The van der Waals surface area contributed by atoms with Gasteiger partial charge in [0, 0.05) is 48.5 Å². The van der Waals surface area contributed by atoms with Crippen LogP contribution >= 0.6 is 23.2 Å². The highest BCUT2D eigenvalue weighted by Crippen LogP contribution is 2.50. The zero-order valence-corrected chi connectivity index (χ0v) is 18.3. The predicted octanol–water partition coefficient (Wildman–Crippen LogP) is 5.66. The van der Waals surface area contributed by atoms with Crippen molar-refractivity contribution in [3.8, 4) is 5.75 Å². The van der Waals surface area contributed by atoms with Crippen molar-refractivity contribution in [3.63, 3.8) is 0 Å². The Morgan fingerprint density at radius 3 is 2.66 bits per heavy atom. The normalized spacial score (nSPS) is 22.8. The summed E-state index contributed by atoms with van der Waals surface area (Å²) >= 11 is 12.6. The lowest BCUT2D eigenvalue weighted by atomic mass is 9.90. The highest BCUT2D eigenvalue weighted by molar-refractivity contribution is 6.37. The number of halogens is 2. The third-order valence-corrected chi connectivity index (χ3v) is 7.03. The van der Waals surface area contributed by atoms with Crippen LogP contribution in [0, 0.1) is 6.92 Å². The Hall–Kier alpha value is -1.75. The van der Waals surface area contributed by atoms with Crippen molar-refractivity contribution in [3.05, 3.63) is 63.1 Å². The SMILES string of the molecule is CCN1CCC2(CC1)Oc1ccc(C)cc1[C@H]1CC(c3ccc(Cl)cc3Cl)=NN12. The Morgan fingerprint density at radius 1 is 1.14 bits per heavy atom. The lowest BCUT2D eigenvalue weighted by molar-refractivity contribution is -0.149. The van der Waals surface area contributed by atoms with Gasteiger partial charge in [0.15, 0.2) is 0 Å². The molecule has 1 fully saturated rings. The number of hydrogen-bond acceptors (Lipinski definition) is 4. The van der Waals surface area contributed by atoms with Gasteiger partial charge >= 0.3 is 0 Å². The number of benzene rings is 2. The van der Waals surface area contributed by atoms with Crippen molar-refractivity contribution in [2.24, 2.45) is 5.10 Å². The topological polar surface area (TPSA) is 28.1 Å². The molecule has 0 radical (unpaired) electrons. The van der Waals surface area contributed by atoms with Crippen molar-refractivity contribution < 1.29 is 4.74 Å². The molecule has 0 unspecified atom stereocenters. The Bertz CT molecular complexity index is 982. The molecular formula is C23H25Cl2N3O. The van der Waals surface area contributed by atoms with Crippen LogP contribution in [-0.2, 0) is 0 Å². The van der Waals surface area contributed by atoms with Crippen LogP contribution in [0.4, 0.5) is 0 Å². The summed E-state index contributed by atoms with van der Waals surface area (Å²) < 4.78 is 6.69. The van der Waals surface area contributed by atoms with Crippen LogP contribution in [0.3, 0.4) is 0 Å². The van der Waals surface area contributed by atoms with E-state index in [0.29, 0.717) is 10.0 Å². The fourth-order valence-corrected chi connectivity index (χ4v) is 5.35. The molecule has 0 bridgehead atoms.